The van der Waals surface area contributed by atoms with Crippen molar-refractivity contribution in [2.45, 2.75) is 24.9 Å². The van der Waals surface area contributed by atoms with E-state index < -0.39 is 5.60 Å². The number of carbonyl (C=O) groups excluding carboxylic acids is 1. The van der Waals surface area contributed by atoms with Gasteiger partial charge in [0.1, 0.15) is 0 Å². The van der Waals surface area contributed by atoms with E-state index in [-0.39, 0.29) is 56.5 Å². The maximum Gasteiger partial charge on any atom is 0.308 e. The Labute approximate surface area is 114 Å². The molecule has 1 radical (unpaired) electrons. The van der Waals surface area contributed by atoms with Crippen LogP contribution in [-0.4, -0.2) is 36.9 Å². The van der Waals surface area contributed by atoms with Gasteiger partial charge in [0.25, 0.3) is 0 Å². The number of rotatable bonds is 2. The summed E-state index contributed by atoms with van der Waals surface area (Å²) in [6.07, 6.45) is 1.37. The first kappa shape index (κ1) is 13.8. The summed E-state index contributed by atoms with van der Waals surface area (Å²) in [4.78, 5) is 10.9. The van der Waals surface area contributed by atoms with Crippen LogP contribution in [0.1, 0.15) is 19.3 Å². The molecular formula is C8H15AcNO3. The molecule has 13 heavy (non-hydrogen) atoms. The van der Waals surface area contributed by atoms with Crippen molar-refractivity contribution in [1.82, 2.24) is 5.32 Å². The molecule has 1 aliphatic rings. The molecule has 2 N–H and O–H groups in total. The fraction of sp³-hybridized carbons (Fsp3) is 0.875. The molecule has 1 saturated heterocycles. The van der Waals surface area contributed by atoms with Crippen LogP contribution in [0.15, 0.2) is 0 Å². The molecule has 0 aliphatic carbocycles. The predicted molar refractivity (Wildman–Crippen MR) is 43.7 cm³/mol. The number of hydrogen-bond acceptors (Lipinski definition) is 4. The van der Waals surface area contributed by atoms with Gasteiger partial charge >= 0.3 is 5.97 Å². The summed E-state index contributed by atoms with van der Waals surface area (Å²) in [5.74, 6) is -0.334. The summed E-state index contributed by atoms with van der Waals surface area (Å²) >= 11 is 0. The Hall–Kier alpha value is 0.832. The summed E-state index contributed by atoms with van der Waals surface area (Å²) in [7, 11) is 1.34. The van der Waals surface area contributed by atoms with Gasteiger partial charge in [0, 0.05) is 44.1 Å². The SMILES string of the molecule is COC(=O)CC1(O)CCNCC1.[Ac]. The van der Waals surface area contributed by atoms with E-state index in [1.807, 2.05) is 0 Å². The topological polar surface area (TPSA) is 58.6 Å². The largest absolute Gasteiger partial charge is 0.469 e. The molecule has 1 heterocycles. The quantitative estimate of drug-likeness (QED) is 0.624. The monoisotopic (exact) mass is 400 g/mol. The van der Waals surface area contributed by atoms with E-state index in [9.17, 15) is 9.90 Å². The van der Waals surface area contributed by atoms with Crippen LogP contribution >= 0.6 is 0 Å². The van der Waals surface area contributed by atoms with Crippen molar-refractivity contribution < 1.29 is 58.7 Å². The van der Waals surface area contributed by atoms with E-state index in [4.69, 9.17) is 0 Å². The zero-order valence-electron chi connectivity index (χ0n) is 7.88. The van der Waals surface area contributed by atoms with Crippen molar-refractivity contribution in [2.75, 3.05) is 20.2 Å². The van der Waals surface area contributed by atoms with Crippen molar-refractivity contribution >= 4 is 5.97 Å². The normalized spacial score (nSPS) is 20.2. The number of piperidine rings is 1. The van der Waals surface area contributed by atoms with E-state index >= 15 is 0 Å². The summed E-state index contributed by atoms with van der Waals surface area (Å²) in [5, 5.41) is 13.0. The second kappa shape index (κ2) is 6.34. The van der Waals surface area contributed by atoms with Crippen molar-refractivity contribution in [3.05, 3.63) is 0 Å². The van der Waals surface area contributed by atoms with Crippen LogP contribution in [0.3, 0.4) is 0 Å². The third-order valence-electron chi connectivity index (χ3n) is 2.24. The summed E-state index contributed by atoms with van der Waals surface area (Å²) in [5.41, 5.74) is -0.835. The molecule has 4 nitrogen and oxygen atoms in total. The van der Waals surface area contributed by atoms with E-state index in [1.54, 1.807) is 0 Å². The zero-order chi connectivity index (χ0) is 9.03. The number of carbonyl (C=O) groups is 1. The second-order valence-corrected chi connectivity index (χ2v) is 3.23. The molecule has 0 saturated carbocycles. The van der Waals surface area contributed by atoms with Crippen LogP contribution in [0.2, 0.25) is 0 Å². The van der Waals surface area contributed by atoms with Gasteiger partial charge in [-0.25, -0.2) is 0 Å². The molecule has 73 valence electrons. The van der Waals surface area contributed by atoms with Crippen LogP contribution in [0, 0.1) is 44.1 Å². The second-order valence-electron chi connectivity index (χ2n) is 3.23. The number of hydrogen-bond donors (Lipinski definition) is 2. The van der Waals surface area contributed by atoms with Crippen LogP contribution in [0.5, 0.6) is 0 Å². The van der Waals surface area contributed by atoms with E-state index in [2.05, 4.69) is 10.1 Å². The molecule has 0 aromatic heterocycles. The number of esters is 1. The molecule has 0 atom stereocenters. The third kappa shape index (κ3) is 4.73. The van der Waals surface area contributed by atoms with Crippen molar-refractivity contribution in [3.63, 3.8) is 0 Å². The molecule has 5 heteroatoms. The Bertz CT molecular complexity index is 169. The Morgan fingerprint density at radius 2 is 2.08 bits per heavy atom. The van der Waals surface area contributed by atoms with Gasteiger partial charge in [-0.15, -0.1) is 0 Å². The standard InChI is InChI=1S/C8H15NO3.Ac/c1-12-7(10)6-8(11)2-4-9-5-3-8;/h9,11H,2-6H2,1H3;. The van der Waals surface area contributed by atoms with E-state index in [0.29, 0.717) is 12.8 Å². The first-order valence-electron chi connectivity index (χ1n) is 4.16. The zero-order valence-corrected chi connectivity index (χ0v) is 12.6. The first-order valence-corrected chi connectivity index (χ1v) is 4.16. The Morgan fingerprint density at radius 3 is 2.54 bits per heavy atom. The van der Waals surface area contributed by atoms with Gasteiger partial charge in [-0.2, -0.15) is 0 Å². The minimum Gasteiger partial charge on any atom is -0.469 e. The van der Waals surface area contributed by atoms with Crippen molar-refractivity contribution in [1.29, 1.82) is 0 Å². The van der Waals surface area contributed by atoms with E-state index in [1.165, 1.54) is 7.11 Å². The van der Waals surface area contributed by atoms with Gasteiger partial charge in [0.05, 0.1) is 19.1 Å². The smallest absolute Gasteiger partial charge is 0.308 e. The van der Waals surface area contributed by atoms with Gasteiger partial charge in [0.15, 0.2) is 0 Å². The summed E-state index contributed by atoms with van der Waals surface area (Å²) in [6, 6.07) is 0. The van der Waals surface area contributed by atoms with Crippen molar-refractivity contribution in [3.8, 4) is 0 Å². The molecule has 0 aromatic carbocycles. The molecule has 0 unspecified atom stereocenters. The van der Waals surface area contributed by atoms with Gasteiger partial charge in [0.2, 0.25) is 0 Å². The summed E-state index contributed by atoms with van der Waals surface area (Å²) < 4.78 is 4.50. The predicted octanol–water partition coefficient (Wildman–Crippen LogP) is -0.336. The maximum atomic E-state index is 10.9. The van der Waals surface area contributed by atoms with Gasteiger partial charge < -0.3 is 15.2 Å². The average molecular weight is 400 g/mol. The number of nitrogens with one attached hydrogen (secondary N) is 1. The fourth-order valence-corrected chi connectivity index (χ4v) is 1.41. The van der Waals surface area contributed by atoms with Gasteiger partial charge in [-0.3, -0.25) is 4.79 Å². The van der Waals surface area contributed by atoms with Gasteiger partial charge in [-0.1, -0.05) is 0 Å². The maximum absolute atomic E-state index is 10.9. The minimum absolute atomic E-state index is 0. The van der Waals surface area contributed by atoms with Crippen LogP contribution in [0.25, 0.3) is 0 Å². The molecule has 0 aromatic rings. The Balaban J connectivity index is 0.00000144. The number of aliphatic hydroxyl groups is 1. The van der Waals surface area contributed by atoms with Crippen LogP contribution in [0.4, 0.5) is 0 Å². The van der Waals surface area contributed by atoms with Gasteiger partial charge in [-0.05, 0) is 25.9 Å². The first-order chi connectivity index (χ1) is 5.66. The molecule has 0 bridgehead atoms. The minimum atomic E-state index is -0.835. The molecule has 1 fully saturated rings. The molecule has 0 spiro atoms. The van der Waals surface area contributed by atoms with Crippen LogP contribution in [-0.2, 0) is 9.53 Å². The molecule has 1 rings (SSSR count). The number of methoxy groups -OCH3 is 1. The third-order valence-corrected chi connectivity index (χ3v) is 2.24. The summed E-state index contributed by atoms with van der Waals surface area (Å²) in [6.45, 7) is 1.54. The van der Waals surface area contributed by atoms with Crippen LogP contribution < -0.4 is 5.32 Å². The number of ether oxygens (including phenoxy) is 1. The molecule has 0 amide bonds. The van der Waals surface area contributed by atoms with E-state index in [0.717, 1.165) is 13.1 Å². The molecular weight excluding hydrogens is 385 g/mol. The Morgan fingerprint density at radius 1 is 1.54 bits per heavy atom. The average Bonchev–Trinajstić information content (AvgIpc) is 2.05. The fourth-order valence-electron chi connectivity index (χ4n) is 1.41. The van der Waals surface area contributed by atoms with Crippen molar-refractivity contribution in [2.24, 2.45) is 0 Å². The Kier molecular flexibility index (Phi) is 6.75. The molecule has 1 aliphatic heterocycles.